The molecule has 1 amide bonds. The summed E-state index contributed by atoms with van der Waals surface area (Å²) in [4.78, 5) is 39.1. The molecule has 1 aromatic carbocycles. The first-order valence-corrected chi connectivity index (χ1v) is 14.0. The first kappa shape index (κ1) is 31.4. The van der Waals surface area contributed by atoms with Gasteiger partial charge >= 0.3 is 6.09 Å². The molecule has 0 spiro atoms. The van der Waals surface area contributed by atoms with Crippen LogP contribution in [0.25, 0.3) is 11.0 Å². The molecule has 1 aliphatic heterocycles. The fraction of sp³-hybridized carbons (Fsp3) is 0.355. The molecule has 0 unspecified atom stereocenters. The summed E-state index contributed by atoms with van der Waals surface area (Å²) in [5, 5.41) is 3.40. The van der Waals surface area contributed by atoms with Crippen LogP contribution in [0, 0.1) is 11.6 Å². The zero-order valence-corrected chi connectivity index (χ0v) is 25.7. The number of hydrogen-bond donors (Lipinski definition) is 1. The molecule has 45 heavy (non-hydrogen) atoms. The van der Waals surface area contributed by atoms with Crippen molar-refractivity contribution in [2.75, 3.05) is 62.7 Å². The number of carbonyl (C=O) groups is 2. The summed E-state index contributed by atoms with van der Waals surface area (Å²) in [7, 11) is 3.69. The second-order valence-corrected chi connectivity index (χ2v) is 11.1. The van der Waals surface area contributed by atoms with Gasteiger partial charge in [-0.1, -0.05) is 0 Å². The Morgan fingerprint density at radius 1 is 1.00 bits per heavy atom. The molecule has 1 fully saturated rings. The maximum absolute atomic E-state index is 15.4. The van der Waals surface area contributed by atoms with Crippen molar-refractivity contribution in [2.24, 2.45) is 0 Å². The molecule has 0 atom stereocenters. The maximum atomic E-state index is 15.4. The Morgan fingerprint density at radius 3 is 2.24 bits per heavy atom. The molecule has 0 bridgehead atoms. The van der Waals surface area contributed by atoms with Crippen LogP contribution in [-0.4, -0.2) is 75.0 Å². The molecule has 1 aliphatic rings. The van der Waals surface area contributed by atoms with Crippen molar-refractivity contribution in [3.8, 4) is 11.5 Å². The zero-order valence-electron chi connectivity index (χ0n) is 25.7. The number of nitrogens with zero attached hydrogens (tertiary/aromatic N) is 4. The van der Waals surface area contributed by atoms with Crippen LogP contribution in [0.1, 0.15) is 36.9 Å². The Morgan fingerprint density at radius 2 is 1.67 bits per heavy atom. The highest BCUT2D eigenvalue weighted by Gasteiger charge is 2.34. The number of aromatic nitrogens is 2. The molecular formula is C31H33F2N5O7. The van der Waals surface area contributed by atoms with Gasteiger partial charge < -0.3 is 33.6 Å². The first-order chi connectivity index (χ1) is 21.4. The van der Waals surface area contributed by atoms with E-state index in [1.54, 1.807) is 33.0 Å². The summed E-state index contributed by atoms with van der Waals surface area (Å²) < 4.78 is 57.5. The minimum Gasteiger partial charge on any atom is -0.494 e. The second kappa shape index (κ2) is 12.6. The van der Waals surface area contributed by atoms with Gasteiger partial charge in [-0.3, -0.25) is 9.69 Å². The molecule has 1 N–H and O–H groups in total. The van der Waals surface area contributed by atoms with Gasteiger partial charge in [0.05, 0.1) is 50.9 Å². The highest BCUT2D eigenvalue weighted by atomic mass is 19.1. The molecule has 0 aliphatic carbocycles. The monoisotopic (exact) mass is 625 g/mol. The quantitative estimate of drug-likeness (QED) is 0.242. The lowest BCUT2D eigenvalue weighted by molar-refractivity contribution is 0.0589. The van der Waals surface area contributed by atoms with Gasteiger partial charge in [-0.2, -0.15) is 0 Å². The van der Waals surface area contributed by atoms with Crippen molar-refractivity contribution in [3.63, 3.8) is 0 Å². The van der Waals surface area contributed by atoms with E-state index in [-0.39, 0.29) is 16.7 Å². The van der Waals surface area contributed by atoms with Crippen LogP contribution in [0.4, 0.5) is 36.6 Å². The third-order valence-corrected chi connectivity index (χ3v) is 6.91. The number of nitrogens with one attached hydrogen (secondary N) is 1. The van der Waals surface area contributed by atoms with Gasteiger partial charge in [0.25, 0.3) is 0 Å². The molecule has 238 valence electrons. The largest absolute Gasteiger partial charge is 0.494 e. The van der Waals surface area contributed by atoms with E-state index in [1.165, 1.54) is 27.5 Å². The number of ether oxygens (including phenoxy) is 4. The molecule has 3 aromatic heterocycles. The lowest BCUT2D eigenvalue weighted by Gasteiger charge is -2.27. The number of benzene rings is 1. The average molecular weight is 626 g/mol. The molecule has 0 saturated carbocycles. The molecule has 1 saturated heterocycles. The van der Waals surface area contributed by atoms with Gasteiger partial charge in [-0.05, 0) is 39.0 Å². The molecule has 14 heteroatoms. The fourth-order valence-corrected chi connectivity index (χ4v) is 4.75. The fourth-order valence-electron chi connectivity index (χ4n) is 4.75. The van der Waals surface area contributed by atoms with Crippen LogP contribution >= 0.6 is 0 Å². The zero-order chi connectivity index (χ0) is 32.5. The third kappa shape index (κ3) is 6.45. The van der Waals surface area contributed by atoms with Crippen LogP contribution in [0.2, 0.25) is 0 Å². The number of methoxy groups -OCH3 is 2. The standard InChI is InChI=1S/C31H33F2N5O7/c1-31(2,3)45-30(40)37(4)27-18-13-22(36-17-7-8-23(35-15-17)38-9-11-43-12-10-38)34-16-21(18)44-29(27)28(39)24-25(32)19(41-5)14-20(42-6)26(24)33/h7-8,13-16H,9-12H2,1-6H3,(H,34,36). The Kier molecular flexibility index (Phi) is 8.77. The summed E-state index contributed by atoms with van der Waals surface area (Å²) in [5.41, 5.74) is -1.26. The lowest BCUT2D eigenvalue weighted by atomic mass is 10.0. The predicted molar refractivity (Wildman–Crippen MR) is 162 cm³/mol. The van der Waals surface area contributed by atoms with E-state index < -0.39 is 51.9 Å². The first-order valence-electron chi connectivity index (χ1n) is 14.0. The van der Waals surface area contributed by atoms with E-state index >= 15 is 8.78 Å². The SMILES string of the molecule is COc1cc(OC)c(F)c(C(=O)c2oc3cnc(Nc4ccc(N5CCOCC5)nc4)cc3c2N(C)C(=O)OC(C)(C)C)c1F. The highest BCUT2D eigenvalue weighted by Crippen LogP contribution is 2.39. The van der Waals surface area contributed by atoms with Gasteiger partial charge in [-0.15, -0.1) is 0 Å². The smallest absolute Gasteiger partial charge is 0.414 e. The number of carbonyl (C=O) groups excluding carboxylic acids is 2. The van der Waals surface area contributed by atoms with Gasteiger partial charge in [0, 0.05) is 26.2 Å². The van der Waals surface area contributed by atoms with E-state index in [2.05, 4.69) is 20.2 Å². The molecule has 4 aromatic rings. The molecule has 12 nitrogen and oxygen atoms in total. The average Bonchev–Trinajstić information content (AvgIpc) is 3.39. The number of morpholine rings is 1. The minimum absolute atomic E-state index is 0.0748. The summed E-state index contributed by atoms with van der Waals surface area (Å²) in [6, 6.07) is 6.23. The molecule has 4 heterocycles. The predicted octanol–water partition coefficient (Wildman–Crippen LogP) is 5.70. The van der Waals surface area contributed by atoms with Crippen molar-refractivity contribution in [3.05, 3.63) is 59.6 Å². The van der Waals surface area contributed by atoms with Gasteiger partial charge in [0.1, 0.15) is 28.5 Å². The molecule has 5 rings (SSSR count). The van der Waals surface area contributed by atoms with Gasteiger partial charge in [0.2, 0.25) is 5.78 Å². The number of halogens is 2. The Balaban J connectivity index is 1.58. The summed E-state index contributed by atoms with van der Waals surface area (Å²) >= 11 is 0. The van der Waals surface area contributed by atoms with E-state index in [0.717, 1.165) is 29.9 Å². The van der Waals surface area contributed by atoms with Crippen LogP contribution < -0.4 is 24.6 Å². The van der Waals surface area contributed by atoms with Gasteiger partial charge in [-0.25, -0.2) is 23.5 Å². The second-order valence-electron chi connectivity index (χ2n) is 11.1. The van der Waals surface area contributed by atoms with Gasteiger partial charge in [0.15, 0.2) is 34.5 Å². The maximum Gasteiger partial charge on any atom is 0.414 e. The number of ketones is 1. The number of rotatable bonds is 8. The summed E-state index contributed by atoms with van der Waals surface area (Å²) in [5.74, 6) is -3.96. The van der Waals surface area contributed by atoms with E-state index in [9.17, 15) is 9.59 Å². The van der Waals surface area contributed by atoms with Crippen molar-refractivity contribution in [1.82, 2.24) is 9.97 Å². The number of furan rings is 1. The highest BCUT2D eigenvalue weighted by molar-refractivity contribution is 6.17. The molecular weight excluding hydrogens is 592 g/mol. The van der Waals surface area contributed by atoms with Crippen molar-refractivity contribution in [2.45, 2.75) is 26.4 Å². The van der Waals surface area contributed by atoms with Crippen LogP contribution in [-0.2, 0) is 9.47 Å². The summed E-state index contributed by atoms with van der Waals surface area (Å²) in [6.45, 7) is 7.77. The third-order valence-electron chi connectivity index (χ3n) is 6.91. The number of anilines is 4. The van der Waals surface area contributed by atoms with E-state index in [1.807, 2.05) is 12.1 Å². The Hall–Kier alpha value is -4.98. The lowest BCUT2D eigenvalue weighted by Crippen LogP contribution is -2.36. The number of fused-ring (bicyclic) bond motifs is 1. The van der Waals surface area contributed by atoms with Crippen molar-refractivity contribution >= 4 is 45.9 Å². The number of pyridine rings is 2. The Labute approximate surface area is 257 Å². The minimum atomic E-state index is -1.26. The Bertz CT molecular complexity index is 1700. The van der Waals surface area contributed by atoms with Crippen LogP contribution in [0.5, 0.6) is 11.5 Å². The van der Waals surface area contributed by atoms with Crippen molar-refractivity contribution in [1.29, 1.82) is 0 Å². The number of hydrogen-bond acceptors (Lipinski definition) is 11. The van der Waals surface area contributed by atoms with E-state index in [4.69, 9.17) is 23.4 Å². The van der Waals surface area contributed by atoms with E-state index in [0.29, 0.717) is 24.7 Å². The normalized spacial score (nSPS) is 13.5. The number of amides is 1. The van der Waals surface area contributed by atoms with Crippen LogP contribution in [0.15, 0.2) is 41.1 Å². The topological polar surface area (TPSA) is 128 Å². The van der Waals surface area contributed by atoms with Crippen molar-refractivity contribution < 1.29 is 41.7 Å². The molecule has 0 radical (unpaired) electrons. The summed E-state index contributed by atoms with van der Waals surface area (Å²) in [6.07, 6.45) is 2.14. The van der Waals surface area contributed by atoms with Crippen LogP contribution in [0.3, 0.4) is 0 Å².